The molecule has 2 atom stereocenters. The lowest BCUT2D eigenvalue weighted by atomic mass is 9.73. The first-order valence-corrected chi connectivity index (χ1v) is 20.1. The van der Waals surface area contributed by atoms with Crippen molar-refractivity contribution in [2.75, 3.05) is 42.5 Å². The summed E-state index contributed by atoms with van der Waals surface area (Å²) in [5, 5.41) is 2.75. The molecule has 0 aromatic heterocycles. The summed E-state index contributed by atoms with van der Waals surface area (Å²) in [5.74, 6) is -1.91. The molecule has 0 radical (unpaired) electrons. The number of carbonyl (C=O) groups is 5. The summed E-state index contributed by atoms with van der Waals surface area (Å²) < 4.78 is 0. The first-order valence-electron chi connectivity index (χ1n) is 19.7. The van der Waals surface area contributed by atoms with Crippen LogP contribution in [0, 0.1) is 12.0 Å². The van der Waals surface area contributed by atoms with Crippen LogP contribution in [0.25, 0.3) is 4.85 Å². The minimum Gasteiger partial charge on any atom is -0.371 e. The van der Waals surface area contributed by atoms with Crippen molar-refractivity contribution >= 4 is 58.2 Å². The van der Waals surface area contributed by atoms with E-state index in [-0.39, 0.29) is 30.2 Å². The Kier molecular flexibility index (Phi) is 9.13. The normalized spacial score (nSPS) is 23.8. The molecule has 0 saturated carbocycles. The molecule has 56 heavy (non-hydrogen) atoms. The first-order chi connectivity index (χ1) is 27.0. The van der Waals surface area contributed by atoms with Crippen molar-refractivity contribution in [3.8, 4) is 0 Å². The lowest BCUT2D eigenvalue weighted by Gasteiger charge is -2.44. The second kappa shape index (κ2) is 14.0. The predicted molar refractivity (Wildman–Crippen MR) is 211 cm³/mol. The highest BCUT2D eigenvalue weighted by atomic mass is 35.5. The molecule has 6 heterocycles. The lowest BCUT2D eigenvalue weighted by Crippen LogP contribution is -2.54. The number of likely N-dealkylation sites (tertiary alicyclic amines) is 1. The summed E-state index contributed by atoms with van der Waals surface area (Å²) in [6, 6.07) is 17.2. The molecule has 12 nitrogen and oxygen atoms in total. The van der Waals surface area contributed by atoms with E-state index < -0.39 is 29.7 Å². The number of fused-ring (bicyclic) bond motifs is 2. The van der Waals surface area contributed by atoms with Crippen molar-refractivity contribution in [3.05, 3.63) is 98.9 Å². The molecule has 5 amide bonds. The van der Waals surface area contributed by atoms with Gasteiger partial charge in [-0.05, 0) is 111 Å². The number of carbonyl (C=O) groups excluding carboxylic acids is 5. The van der Waals surface area contributed by atoms with E-state index in [1.165, 1.54) is 0 Å². The molecule has 4 fully saturated rings. The number of hydrogen-bond acceptors (Lipinski definition) is 8. The number of piperidine rings is 3. The standard InChI is InChI=1S/C43H44ClN7O5/c1-26-43(15-20-50(26)32-7-8-36(45-2)35(44)23-32)13-18-47(19-14-43)30-5-3-27(4-6-30)40(54)48-16-11-31(12-17-48)49-24-28-21-33-34(22-29(28)25-49)42(56)51(41(33)55)37-9-10-38(52)46-39(37)53/h3-8,21-23,26,31,37H,9-20,24-25H2,1H3,(H,46,52,53). The predicted octanol–water partition coefficient (Wildman–Crippen LogP) is 5.80. The zero-order chi connectivity index (χ0) is 38.9. The SMILES string of the molecule is [C-]#[N+]c1ccc(N2CCC3(CCN(c4ccc(C(=O)N5CCC(N6Cc7cc8c(cc7C6)C(=O)N(C6CCC(=O)NC6=O)C8=O)CC5)cc4)CC3)C2C)cc1Cl. The lowest BCUT2D eigenvalue weighted by molar-refractivity contribution is -0.136. The molecule has 4 saturated heterocycles. The molecule has 3 aromatic rings. The van der Waals surface area contributed by atoms with Crippen molar-refractivity contribution < 1.29 is 24.0 Å². The van der Waals surface area contributed by atoms with E-state index in [2.05, 4.69) is 43.9 Å². The fraction of sp³-hybridized carbons (Fsp3) is 0.442. The molecule has 9 rings (SSSR count). The summed E-state index contributed by atoms with van der Waals surface area (Å²) in [5.41, 5.74) is 6.31. The van der Waals surface area contributed by atoms with E-state index in [4.69, 9.17) is 18.2 Å². The highest BCUT2D eigenvalue weighted by Gasteiger charge is 2.47. The number of benzene rings is 3. The Hall–Kier alpha value is -5.25. The van der Waals surface area contributed by atoms with Gasteiger partial charge in [0.05, 0.1) is 17.7 Å². The topological polar surface area (TPSA) is 118 Å². The second-order valence-corrected chi connectivity index (χ2v) is 16.7. The summed E-state index contributed by atoms with van der Waals surface area (Å²) in [7, 11) is 0. The summed E-state index contributed by atoms with van der Waals surface area (Å²) in [6.45, 7) is 15.2. The number of nitrogens with one attached hydrogen (secondary N) is 1. The Balaban J connectivity index is 0.768. The van der Waals surface area contributed by atoms with Gasteiger partial charge in [-0.2, -0.15) is 0 Å². The zero-order valence-corrected chi connectivity index (χ0v) is 32.2. The molecule has 6 aliphatic heterocycles. The van der Waals surface area contributed by atoms with Crippen molar-refractivity contribution in [1.82, 2.24) is 20.0 Å². The number of anilines is 2. The van der Waals surface area contributed by atoms with Crippen LogP contribution in [0.5, 0.6) is 0 Å². The number of imide groups is 2. The zero-order valence-electron chi connectivity index (χ0n) is 31.4. The highest BCUT2D eigenvalue weighted by Crippen LogP contribution is 2.48. The number of halogens is 1. The maximum atomic E-state index is 13.6. The average molecular weight is 774 g/mol. The largest absolute Gasteiger partial charge is 0.371 e. The number of hydrogen-bond donors (Lipinski definition) is 1. The van der Waals surface area contributed by atoms with Gasteiger partial charge in [0.2, 0.25) is 17.5 Å². The van der Waals surface area contributed by atoms with Crippen LogP contribution >= 0.6 is 11.6 Å². The molecule has 2 unspecified atom stereocenters. The van der Waals surface area contributed by atoms with Crippen LogP contribution in [0.15, 0.2) is 54.6 Å². The van der Waals surface area contributed by atoms with Crippen LogP contribution < -0.4 is 15.1 Å². The van der Waals surface area contributed by atoms with Gasteiger partial charge in [-0.25, -0.2) is 4.85 Å². The number of amides is 5. The summed E-state index contributed by atoms with van der Waals surface area (Å²) >= 11 is 6.38. The van der Waals surface area contributed by atoms with E-state index >= 15 is 0 Å². The van der Waals surface area contributed by atoms with Gasteiger partial charge in [-0.1, -0.05) is 17.7 Å². The van der Waals surface area contributed by atoms with Gasteiger partial charge in [0.1, 0.15) is 6.04 Å². The maximum absolute atomic E-state index is 13.6. The van der Waals surface area contributed by atoms with Crippen LogP contribution in [0.3, 0.4) is 0 Å². The fourth-order valence-corrected chi connectivity index (χ4v) is 10.4. The monoisotopic (exact) mass is 773 g/mol. The molecule has 288 valence electrons. The molecule has 0 aliphatic carbocycles. The number of rotatable bonds is 5. The van der Waals surface area contributed by atoms with Crippen molar-refractivity contribution in [3.63, 3.8) is 0 Å². The Morgan fingerprint density at radius 1 is 0.821 bits per heavy atom. The second-order valence-electron chi connectivity index (χ2n) is 16.3. The van der Waals surface area contributed by atoms with E-state index in [0.29, 0.717) is 59.6 Å². The third-order valence-electron chi connectivity index (χ3n) is 13.6. The molecule has 1 N–H and O–H groups in total. The highest BCUT2D eigenvalue weighted by molar-refractivity contribution is 6.33. The van der Waals surface area contributed by atoms with Gasteiger partial charge in [-0.15, -0.1) is 0 Å². The van der Waals surface area contributed by atoms with Crippen molar-refractivity contribution in [2.24, 2.45) is 5.41 Å². The van der Waals surface area contributed by atoms with Gasteiger partial charge in [0, 0.05) is 86.3 Å². The molecular formula is C43H44ClN7O5. The molecule has 1 spiro atoms. The Morgan fingerprint density at radius 2 is 1.45 bits per heavy atom. The van der Waals surface area contributed by atoms with E-state index in [1.54, 1.807) is 12.1 Å². The van der Waals surface area contributed by atoms with Crippen LogP contribution in [0.1, 0.15) is 94.1 Å². The van der Waals surface area contributed by atoms with E-state index in [1.807, 2.05) is 35.2 Å². The van der Waals surface area contributed by atoms with Crippen LogP contribution in [0.4, 0.5) is 17.1 Å². The molecule has 13 heteroatoms. The van der Waals surface area contributed by atoms with Gasteiger partial charge in [-0.3, -0.25) is 39.1 Å². The Bertz CT molecular complexity index is 2160. The third kappa shape index (κ3) is 6.12. The quantitative estimate of drug-likeness (QED) is 0.256. The van der Waals surface area contributed by atoms with Crippen LogP contribution in [-0.4, -0.2) is 95.1 Å². The minimum absolute atomic E-state index is 0.0516. The fourth-order valence-electron chi connectivity index (χ4n) is 10.2. The van der Waals surface area contributed by atoms with Crippen LogP contribution in [0.2, 0.25) is 5.02 Å². The number of nitrogens with zero attached hydrogens (tertiary/aromatic N) is 6. The Labute approximate surface area is 331 Å². The third-order valence-corrected chi connectivity index (χ3v) is 13.9. The maximum Gasteiger partial charge on any atom is 0.262 e. The first kappa shape index (κ1) is 36.4. The molecule has 3 aromatic carbocycles. The molecule has 0 bridgehead atoms. The minimum atomic E-state index is -0.974. The van der Waals surface area contributed by atoms with Gasteiger partial charge < -0.3 is 14.7 Å². The smallest absolute Gasteiger partial charge is 0.262 e. The van der Waals surface area contributed by atoms with Crippen LogP contribution in [-0.2, 0) is 22.7 Å². The summed E-state index contributed by atoms with van der Waals surface area (Å²) in [6.07, 6.45) is 5.22. The average Bonchev–Trinajstić information content (AvgIpc) is 3.85. The van der Waals surface area contributed by atoms with Crippen molar-refractivity contribution in [1.29, 1.82) is 0 Å². The summed E-state index contributed by atoms with van der Waals surface area (Å²) in [4.78, 5) is 78.1. The molecule has 6 aliphatic rings. The van der Waals surface area contributed by atoms with Crippen molar-refractivity contribution in [2.45, 2.75) is 83.1 Å². The van der Waals surface area contributed by atoms with E-state index in [9.17, 15) is 24.0 Å². The van der Waals surface area contributed by atoms with E-state index in [0.717, 1.165) is 79.1 Å². The molecular weight excluding hydrogens is 730 g/mol. The van der Waals surface area contributed by atoms with Gasteiger partial charge >= 0.3 is 0 Å². The van der Waals surface area contributed by atoms with Gasteiger partial charge in [0.25, 0.3) is 17.7 Å². The van der Waals surface area contributed by atoms with Gasteiger partial charge in [0.15, 0.2) is 0 Å². The Morgan fingerprint density at radius 3 is 2.05 bits per heavy atom.